The second kappa shape index (κ2) is 3.59. The van der Waals surface area contributed by atoms with Crippen molar-refractivity contribution in [2.45, 2.75) is 32.0 Å². The van der Waals surface area contributed by atoms with Crippen molar-refractivity contribution in [2.24, 2.45) is 0 Å². The number of hydrogen-bond acceptors (Lipinski definition) is 3. The zero-order chi connectivity index (χ0) is 10.9. The van der Waals surface area contributed by atoms with Crippen LogP contribution in [0.25, 0.3) is 0 Å². The molecule has 82 valence electrons. The largest absolute Gasteiger partial charge is 0.329 e. The summed E-state index contributed by atoms with van der Waals surface area (Å²) >= 11 is 0. The minimum Gasteiger partial charge on any atom is -0.329 e. The van der Waals surface area contributed by atoms with Crippen LogP contribution in [-0.2, 0) is 20.8 Å². The number of epoxide rings is 1. The van der Waals surface area contributed by atoms with Gasteiger partial charge in [-0.2, -0.15) is 0 Å². The molecule has 0 aliphatic carbocycles. The zero-order valence-electron chi connectivity index (χ0n) is 9.32. The summed E-state index contributed by atoms with van der Waals surface area (Å²) in [6, 6.07) is 9.97. The maximum absolute atomic E-state index is 5.65. The van der Waals surface area contributed by atoms with E-state index < -0.39 is 5.97 Å². The van der Waals surface area contributed by atoms with E-state index in [0.29, 0.717) is 6.61 Å². The predicted molar refractivity (Wildman–Crippen MR) is 56.1 cm³/mol. The molecule has 0 amide bonds. The van der Waals surface area contributed by atoms with Crippen molar-refractivity contribution in [2.75, 3.05) is 7.11 Å². The van der Waals surface area contributed by atoms with Gasteiger partial charge in [-0.15, -0.1) is 0 Å². The minimum absolute atomic E-state index is 0.351. The molecule has 15 heavy (non-hydrogen) atoms. The van der Waals surface area contributed by atoms with Gasteiger partial charge in [0.05, 0.1) is 6.61 Å². The van der Waals surface area contributed by atoms with Crippen LogP contribution in [0.15, 0.2) is 30.3 Å². The van der Waals surface area contributed by atoms with Gasteiger partial charge in [-0.25, -0.2) is 0 Å². The van der Waals surface area contributed by atoms with Gasteiger partial charge in [-0.1, -0.05) is 30.3 Å². The molecule has 1 aromatic rings. The molecule has 0 radical (unpaired) electrons. The zero-order valence-corrected chi connectivity index (χ0v) is 9.32. The van der Waals surface area contributed by atoms with Crippen molar-refractivity contribution in [1.82, 2.24) is 0 Å². The Bertz CT molecular complexity index is 334. The number of methoxy groups -OCH3 is 1. The maximum Gasteiger partial charge on any atom is 0.314 e. The Hall–Kier alpha value is -0.900. The van der Waals surface area contributed by atoms with Crippen molar-refractivity contribution in [3.63, 3.8) is 0 Å². The van der Waals surface area contributed by atoms with E-state index in [-0.39, 0.29) is 5.60 Å². The summed E-state index contributed by atoms with van der Waals surface area (Å²) in [7, 11) is 1.60. The van der Waals surface area contributed by atoms with Gasteiger partial charge >= 0.3 is 5.97 Å². The molecule has 1 aliphatic heterocycles. The van der Waals surface area contributed by atoms with E-state index in [1.165, 1.54) is 0 Å². The fourth-order valence-corrected chi connectivity index (χ4v) is 1.61. The lowest BCUT2D eigenvalue weighted by Crippen LogP contribution is -2.26. The van der Waals surface area contributed by atoms with Crippen molar-refractivity contribution >= 4 is 0 Å². The van der Waals surface area contributed by atoms with E-state index in [4.69, 9.17) is 14.2 Å². The van der Waals surface area contributed by atoms with Crippen LogP contribution in [0.1, 0.15) is 19.4 Å². The summed E-state index contributed by atoms with van der Waals surface area (Å²) in [6.07, 6.45) is 0. The highest BCUT2D eigenvalue weighted by atomic mass is 17.0. The Morgan fingerprint density at radius 1 is 1.20 bits per heavy atom. The first kappa shape index (κ1) is 10.6. The van der Waals surface area contributed by atoms with Crippen molar-refractivity contribution in [1.29, 1.82) is 0 Å². The van der Waals surface area contributed by atoms with Crippen LogP contribution in [0.2, 0.25) is 0 Å². The molecule has 0 bridgehead atoms. The van der Waals surface area contributed by atoms with Gasteiger partial charge in [0.15, 0.2) is 0 Å². The van der Waals surface area contributed by atoms with Crippen LogP contribution >= 0.6 is 0 Å². The molecule has 1 aliphatic rings. The summed E-state index contributed by atoms with van der Waals surface area (Å²) in [5, 5.41) is 0. The third-order valence-corrected chi connectivity index (χ3v) is 2.63. The van der Waals surface area contributed by atoms with Gasteiger partial charge in [0.25, 0.3) is 0 Å². The first-order chi connectivity index (χ1) is 7.10. The maximum atomic E-state index is 5.65. The molecule has 1 atom stereocenters. The second-order valence-electron chi connectivity index (χ2n) is 4.15. The number of rotatable bonds is 4. The summed E-state index contributed by atoms with van der Waals surface area (Å²) in [4.78, 5) is 0. The van der Waals surface area contributed by atoms with Crippen molar-refractivity contribution < 1.29 is 14.2 Å². The van der Waals surface area contributed by atoms with E-state index in [1.54, 1.807) is 7.11 Å². The predicted octanol–water partition coefficient (Wildman–Crippen LogP) is 2.31. The molecular formula is C12H16O3. The van der Waals surface area contributed by atoms with E-state index in [0.717, 1.165) is 5.56 Å². The first-order valence-electron chi connectivity index (χ1n) is 5.03. The molecule has 0 spiro atoms. The van der Waals surface area contributed by atoms with Crippen LogP contribution in [0.3, 0.4) is 0 Å². The van der Waals surface area contributed by atoms with Crippen LogP contribution in [-0.4, -0.2) is 18.7 Å². The standard InChI is InChI=1S/C12H16O3/c1-11(2)12(13-3,15-11)14-9-10-7-5-4-6-8-10/h4-8H,9H2,1-3H3. The molecule has 2 rings (SSSR count). The Morgan fingerprint density at radius 3 is 2.27 bits per heavy atom. The molecular weight excluding hydrogens is 192 g/mol. The molecule has 0 N–H and O–H groups in total. The van der Waals surface area contributed by atoms with Crippen LogP contribution in [0.5, 0.6) is 0 Å². The summed E-state index contributed by atoms with van der Waals surface area (Å²) in [5.41, 5.74) is 0.761. The lowest BCUT2D eigenvalue weighted by atomic mass is 10.2. The van der Waals surface area contributed by atoms with E-state index in [2.05, 4.69) is 0 Å². The summed E-state index contributed by atoms with van der Waals surface area (Å²) < 4.78 is 16.3. The molecule has 3 nitrogen and oxygen atoms in total. The highest BCUT2D eigenvalue weighted by molar-refractivity contribution is 5.13. The molecule has 0 saturated carbocycles. The monoisotopic (exact) mass is 208 g/mol. The SMILES string of the molecule is COC1(OCc2ccccc2)OC1(C)C. The normalized spacial score (nSPS) is 27.7. The Kier molecular flexibility index (Phi) is 2.54. The quantitative estimate of drug-likeness (QED) is 0.562. The fourth-order valence-electron chi connectivity index (χ4n) is 1.61. The minimum atomic E-state index is -0.858. The van der Waals surface area contributed by atoms with Gasteiger partial charge in [-0.05, 0) is 19.4 Å². The van der Waals surface area contributed by atoms with Crippen LogP contribution in [0.4, 0.5) is 0 Å². The van der Waals surface area contributed by atoms with Crippen LogP contribution in [0, 0.1) is 0 Å². The fraction of sp³-hybridized carbons (Fsp3) is 0.500. The lowest BCUT2D eigenvalue weighted by molar-refractivity contribution is -0.221. The van der Waals surface area contributed by atoms with Gasteiger partial charge in [0.1, 0.15) is 5.60 Å². The number of ether oxygens (including phenoxy) is 3. The number of benzene rings is 1. The van der Waals surface area contributed by atoms with Gasteiger partial charge in [0, 0.05) is 7.11 Å². The third kappa shape index (κ3) is 1.91. The van der Waals surface area contributed by atoms with Gasteiger partial charge < -0.3 is 14.2 Å². The Balaban J connectivity index is 1.94. The average molecular weight is 208 g/mol. The summed E-state index contributed by atoms with van der Waals surface area (Å²) in [6.45, 7) is 4.39. The van der Waals surface area contributed by atoms with E-state index in [1.807, 2.05) is 44.2 Å². The van der Waals surface area contributed by atoms with Crippen LogP contribution < -0.4 is 0 Å². The average Bonchev–Trinajstić information content (AvgIpc) is 2.80. The van der Waals surface area contributed by atoms with Gasteiger partial charge in [0.2, 0.25) is 0 Å². The Labute approximate surface area is 90.0 Å². The molecule has 0 aromatic heterocycles. The molecule has 1 fully saturated rings. The van der Waals surface area contributed by atoms with Crippen molar-refractivity contribution in [3.05, 3.63) is 35.9 Å². The molecule has 1 aromatic carbocycles. The highest BCUT2D eigenvalue weighted by Crippen LogP contribution is 2.49. The Morgan fingerprint density at radius 2 is 1.80 bits per heavy atom. The molecule has 1 unspecified atom stereocenters. The first-order valence-corrected chi connectivity index (χ1v) is 5.03. The second-order valence-corrected chi connectivity index (χ2v) is 4.15. The molecule has 3 heteroatoms. The summed E-state index contributed by atoms with van der Waals surface area (Å²) in [5.74, 6) is -0.858. The number of hydrogen-bond donors (Lipinski definition) is 0. The lowest BCUT2D eigenvalue weighted by Gasteiger charge is -2.13. The smallest absolute Gasteiger partial charge is 0.314 e. The third-order valence-electron chi connectivity index (χ3n) is 2.63. The highest BCUT2D eigenvalue weighted by Gasteiger charge is 2.67. The van der Waals surface area contributed by atoms with E-state index >= 15 is 0 Å². The van der Waals surface area contributed by atoms with E-state index in [9.17, 15) is 0 Å². The van der Waals surface area contributed by atoms with Crippen molar-refractivity contribution in [3.8, 4) is 0 Å². The van der Waals surface area contributed by atoms with Gasteiger partial charge in [-0.3, -0.25) is 0 Å². The molecule has 1 saturated heterocycles. The topological polar surface area (TPSA) is 31.0 Å². The molecule has 1 heterocycles.